The Morgan fingerprint density at radius 2 is 1.73 bits per heavy atom. The smallest absolute Gasteiger partial charge is 0.236 e. The van der Waals surface area contributed by atoms with Crippen LogP contribution in [-0.2, 0) is 9.59 Å². The summed E-state index contributed by atoms with van der Waals surface area (Å²) in [6.07, 6.45) is 2.61. The quantitative estimate of drug-likeness (QED) is 0.681. The van der Waals surface area contributed by atoms with E-state index in [0.717, 1.165) is 38.6 Å². The summed E-state index contributed by atoms with van der Waals surface area (Å²) in [7, 11) is 0. The maximum atomic E-state index is 12.0. The van der Waals surface area contributed by atoms with Crippen LogP contribution in [0.1, 0.15) is 19.8 Å². The Kier molecular flexibility index (Phi) is 10.8. The fourth-order valence-electron chi connectivity index (χ4n) is 2.43. The Labute approximate surface area is 145 Å². The molecular weight excluding hydrogens is 327 g/mol. The monoisotopic (exact) mass is 354 g/mol. The number of likely N-dealkylation sites (N-methyl/N-ethyl adjacent to an activating group) is 1. The number of nitrogens with one attached hydrogen (secondary N) is 2. The number of hydrogen-bond acceptors (Lipinski definition) is 4. The van der Waals surface area contributed by atoms with Crippen molar-refractivity contribution in [3.05, 3.63) is 0 Å². The summed E-state index contributed by atoms with van der Waals surface area (Å²) in [5, 5.41) is 6.04. The maximum absolute atomic E-state index is 12.0. The Morgan fingerprint density at radius 3 is 2.27 bits per heavy atom. The highest BCUT2D eigenvalue weighted by Crippen LogP contribution is 2.27. The van der Waals surface area contributed by atoms with Gasteiger partial charge in [-0.05, 0) is 32.2 Å². The lowest BCUT2D eigenvalue weighted by Gasteiger charge is -2.34. The standard InChI is InChI=1S/C14H26N4O2.2ClH/c1-2-16-13(19)11-17-5-7-18(8-6-17)14(20)10-15-9-12-3-4-12;;/h12,15H,2-11H2,1H3,(H,16,19);2*1H. The zero-order chi connectivity index (χ0) is 14.4. The van der Waals surface area contributed by atoms with Crippen LogP contribution in [0.3, 0.4) is 0 Å². The molecule has 0 aromatic rings. The van der Waals surface area contributed by atoms with Crippen LogP contribution in [0.4, 0.5) is 0 Å². The van der Waals surface area contributed by atoms with Crippen LogP contribution in [0, 0.1) is 5.92 Å². The topological polar surface area (TPSA) is 64.7 Å². The molecule has 0 spiro atoms. The Hall–Kier alpha value is -0.560. The second-order valence-electron chi connectivity index (χ2n) is 5.68. The third-order valence-corrected chi connectivity index (χ3v) is 3.87. The van der Waals surface area contributed by atoms with E-state index in [-0.39, 0.29) is 36.6 Å². The molecule has 130 valence electrons. The van der Waals surface area contributed by atoms with Gasteiger partial charge in [0.25, 0.3) is 0 Å². The zero-order valence-corrected chi connectivity index (χ0v) is 14.8. The number of carbonyl (C=O) groups excluding carboxylic acids is 2. The molecule has 1 aliphatic carbocycles. The van der Waals surface area contributed by atoms with E-state index in [1.807, 2.05) is 11.8 Å². The van der Waals surface area contributed by atoms with Gasteiger partial charge >= 0.3 is 0 Å². The molecule has 0 radical (unpaired) electrons. The fraction of sp³-hybridized carbons (Fsp3) is 0.857. The molecule has 1 saturated carbocycles. The summed E-state index contributed by atoms with van der Waals surface area (Å²) < 4.78 is 0. The highest BCUT2D eigenvalue weighted by atomic mass is 35.5. The number of piperazine rings is 1. The first kappa shape index (κ1) is 21.4. The molecule has 0 atom stereocenters. The van der Waals surface area contributed by atoms with Gasteiger partial charge < -0.3 is 15.5 Å². The van der Waals surface area contributed by atoms with E-state index in [2.05, 4.69) is 15.5 Å². The first-order valence-electron chi connectivity index (χ1n) is 7.66. The van der Waals surface area contributed by atoms with Crippen molar-refractivity contribution in [2.75, 3.05) is 52.4 Å². The molecular formula is C14H28Cl2N4O2. The molecule has 6 nitrogen and oxygen atoms in total. The summed E-state index contributed by atoms with van der Waals surface area (Å²) in [6, 6.07) is 0. The SMILES string of the molecule is CCNC(=O)CN1CCN(C(=O)CNCC2CC2)CC1.Cl.Cl. The highest BCUT2D eigenvalue weighted by molar-refractivity contribution is 5.85. The van der Waals surface area contributed by atoms with E-state index in [4.69, 9.17) is 0 Å². The lowest BCUT2D eigenvalue weighted by Crippen LogP contribution is -2.52. The summed E-state index contributed by atoms with van der Waals surface area (Å²) in [5.41, 5.74) is 0. The van der Waals surface area contributed by atoms with Crippen LogP contribution in [0.5, 0.6) is 0 Å². The second kappa shape index (κ2) is 11.0. The Balaban J connectivity index is 0.00000220. The average Bonchev–Trinajstić information content (AvgIpc) is 3.24. The van der Waals surface area contributed by atoms with Gasteiger partial charge in [-0.2, -0.15) is 0 Å². The minimum absolute atomic E-state index is 0. The van der Waals surface area contributed by atoms with E-state index < -0.39 is 0 Å². The van der Waals surface area contributed by atoms with Crippen LogP contribution in [0.15, 0.2) is 0 Å². The summed E-state index contributed by atoms with van der Waals surface area (Å²) in [4.78, 5) is 27.5. The van der Waals surface area contributed by atoms with Crippen LogP contribution >= 0.6 is 24.8 Å². The Bertz CT molecular complexity index is 346. The number of amides is 2. The van der Waals surface area contributed by atoms with Crippen LogP contribution in [0.25, 0.3) is 0 Å². The van der Waals surface area contributed by atoms with E-state index in [0.29, 0.717) is 19.6 Å². The predicted octanol–water partition coefficient (Wildman–Crippen LogP) is 0.110. The molecule has 22 heavy (non-hydrogen) atoms. The van der Waals surface area contributed by atoms with Gasteiger partial charge in [-0.1, -0.05) is 0 Å². The predicted molar refractivity (Wildman–Crippen MR) is 91.8 cm³/mol. The van der Waals surface area contributed by atoms with Crippen LogP contribution < -0.4 is 10.6 Å². The van der Waals surface area contributed by atoms with Gasteiger partial charge in [-0.15, -0.1) is 24.8 Å². The molecule has 2 amide bonds. The van der Waals surface area contributed by atoms with Gasteiger partial charge in [0.2, 0.25) is 11.8 Å². The summed E-state index contributed by atoms with van der Waals surface area (Å²) >= 11 is 0. The van der Waals surface area contributed by atoms with E-state index in [9.17, 15) is 9.59 Å². The molecule has 2 fully saturated rings. The molecule has 2 aliphatic rings. The van der Waals surface area contributed by atoms with Gasteiger partial charge in [0, 0.05) is 32.7 Å². The number of hydrogen-bond donors (Lipinski definition) is 2. The molecule has 0 bridgehead atoms. The van der Waals surface area contributed by atoms with E-state index in [1.165, 1.54) is 12.8 Å². The van der Waals surface area contributed by atoms with Crippen molar-refractivity contribution in [3.8, 4) is 0 Å². The third-order valence-electron chi connectivity index (χ3n) is 3.87. The van der Waals surface area contributed by atoms with E-state index in [1.54, 1.807) is 0 Å². The molecule has 0 unspecified atom stereocenters. The number of carbonyl (C=O) groups is 2. The average molecular weight is 355 g/mol. The third kappa shape index (κ3) is 7.63. The van der Waals surface area contributed by atoms with E-state index >= 15 is 0 Å². The van der Waals surface area contributed by atoms with Gasteiger partial charge in [-0.3, -0.25) is 14.5 Å². The fourth-order valence-corrected chi connectivity index (χ4v) is 2.43. The zero-order valence-electron chi connectivity index (χ0n) is 13.2. The lowest BCUT2D eigenvalue weighted by molar-refractivity contribution is -0.132. The van der Waals surface area contributed by atoms with Crippen molar-refractivity contribution < 1.29 is 9.59 Å². The first-order valence-corrected chi connectivity index (χ1v) is 7.66. The summed E-state index contributed by atoms with van der Waals surface area (Å²) in [5.74, 6) is 1.05. The number of halogens is 2. The van der Waals surface area contributed by atoms with Crippen LogP contribution in [-0.4, -0.2) is 74.0 Å². The summed E-state index contributed by atoms with van der Waals surface area (Å²) in [6.45, 7) is 7.47. The van der Waals surface area contributed by atoms with Crippen LogP contribution in [0.2, 0.25) is 0 Å². The van der Waals surface area contributed by atoms with Gasteiger partial charge in [0.15, 0.2) is 0 Å². The first-order chi connectivity index (χ1) is 9.69. The maximum Gasteiger partial charge on any atom is 0.236 e. The second-order valence-corrected chi connectivity index (χ2v) is 5.68. The molecule has 2 N–H and O–H groups in total. The van der Waals surface area contributed by atoms with Gasteiger partial charge in [0.1, 0.15) is 0 Å². The molecule has 8 heteroatoms. The van der Waals surface area contributed by atoms with Gasteiger partial charge in [-0.25, -0.2) is 0 Å². The van der Waals surface area contributed by atoms with Crippen molar-refractivity contribution in [1.29, 1.82) is 0 Å². The van der Waals surface area contributed by atoms with Crippen molar-refractivity contribution in [2.45, 2.75) is 19.8 Å². The molecule has 1 aliphatic heterocycles. The molecule has 0 aromatic carbocycles. The van der Waals surface area contributed by atoms with Gasteiger partial charge in [0.05, 0.1) is 13.1 Å². The number of nitrogens with zero attached hydrogens (tertiary/aromatic N) is 2. The molecule has 0 aromatic heterocycles. The van der Waals surface area contributed by atoms with Crippen molar-refractivity contribution in [1.82, 2.24) is 20.4 Å². The Morgan fingerprint density at radius 1 is 1.09 bits per heavy atom. The van der Waals surface area contributed by atoms with Crippen molar-refractivity contribution in [2.24, 2.45) is 5.92 Å². The lowest BCUT2D eigenvalue weighted by atomic mass is 10.3. The minimum atomic E-state index is 0. The highest BCUT2D eigenvalue weighted by Gasteiger charge is 2.23. The normalized spacial score (nSPS) is 18.1. The number of rotatable bonds is 7. The molecule has 2 rings (SSSR count). The molecule has 1 heterocycles. The molecule has 1 saturated heterocycles. The van der Waals surface area contributed by atoms with Crippen molar-refractivity contribution >= 4 is 36.6 Å². The largest absolute Gasteiger partial charge is 0.355 e. The van der Waals surface area contributed by atoms with Crippen molar-refractivity contribution in [3.63, 3.8) is 0 Å². The minimum Gasteiger partial charge on any atom is -0.355 e.